The van der Waals surface area contributed by atoms with E-state index in [0.29, 0.717) is 5.92 Å². The predicted octanol–water partition coefficient (Wildman–Crippen LogP) is 3.09. The molecule has 0 saturated heterocycles. The van der Waals surface area contributed by atoms with Crippen LogP contribution in [0.25, 0.3) is 0 Å². The minimum Gasteiger partial charge on any atom is -0.387 e. The molecule has 1 fully saturated rings. The van der Waals surface area contributed by atoms with E-state index in [1.807, 2.05) is 18.2 Å². The fourth-order valence-electron chi connectivity index (χ4n) is 2.43. The van der Waals surface area contributed by atoms with Crippen molar-refractivity contribution < 1.29 is 5.11 Å². The van der Waals surface area contributed by atoms with Crippen LogP contribution in [-0.4, -0.2) is 10.1 Å². The van der Waals surface area contributed by atoms with Gasteiger partial charge in [0.15, 0.2) is 0 Å². The summed E-state index contributed by atoms with van der Waals surface area (Å²) in [6, 6.07) is 5.73. The molecule has 1 aromatic heterocycles. The van der Waals surface area contributed by atoms with Crippen molar-refractivity contribution in [2.45, 2.75) is 44.6 Å². The van der Waals surface area contributed by atoms with E-state index in [0.717, 1.165) is 12.1 Å². The van der Waals surface area contributed by atoms with Crippen LogP contribution in [0.5, 0.6) is 0 Å². The first-order valence-electron chi connectivity index (χ1n) is 5.95. The average Bonchev–Trinajstić information content (AvgIpc) is 2.31. The lowest BCUT2D eigenvalue weighted by molar-refractivity contribution is 0.127. The molecule has 2 heteroatoms. The zero-order chi connectivity index (χ0) is 10.5. The number of nitrogens with zero attached hydrogens (tertiary/aromatic N) is 1. The van der Waals surface area contributed by atoms with E-state index in [9.17, 15) is 5.11 Å². The monoisotopic (exact) mass is 205 g/mol. The second-order valence-electron chi connectivity index (χ2n) is 4.51. The molecule has 1 saturated carbocycles. The predicted molar refractivity (Wildman–Crippen MR) is 60.4 cm³/mol. The van der Waals surface area contributed by atoms with Crippen LogP contribution in [0.3, 0.4) is 0 Å². The lowest BCUT2D eigenvalue weighted by atomic mass is 9.85. The Morgan fingerprint density at radius 2 is 2.07 bits per heavy atom. The van der Waals surface area contributed by atoms with Gasteiger partial charge in [0, 0.05) is 6.20 Å². The number of aliphatic hydroxyl groups excluding tert-OH is 1. The van der Waals surface area contributed by atoms with Crippen LogP contribution in [0, 0.1) is 5.92 Å². The number of aliphatic hydroxyl groups is 1. The lowest BCUT2D eigenvalue weighted by Crippen LogP contribution is -2.11. The standard InChI is InChI=1S/C13H19NO/c15-13(12-8-4-5-9-14-12)10-11-6-2-1-3-7-11/h4-5,8-9,11,13,15H,1-3,6-7,10H2/t13-/m0/s1. The molecule has 2 rings (SSSR count). The number of aromatic nitrogens is 1. The van der Waals surface area contributed by atoms with E-state index in [-0.39, 0.29) is 6.10 Å². The summed E-state index contributed by atoms with van der Waals surface area (Å²) in [6.07, 6.45) is 8.87. The van der Waals surface area contributed by atoms with Crippen molar-refractivity contribution >= 4 is 0 Å². The molecule has 0 aromatic carbocycles. The van der Waals surface area contributed by atoms with Crippen LogP contribution in [0.1, 0.15) is 50.3 Å². The summed E-state index contributed by atoms with van der Waals surface area (Å²) in [6.45, 7) is 0. The van der Waals surface area contributed by atoms with E-state index in [4.69, 9.17) is 0 Å². The lowest BCUT2D eigenvalue weighted by Gasteiger charge is -2.23. The van der Waals surface area contributed by atoms with Gasteiger partial charge in [-0.25, -0.2) is 0 Å². The zero-order valence-electron chi connectivity index (χ0n) is 9.10. The molecule has 1 aromatic rings. The third kappa shape index (κ3) is 3.03. The number of hydrogen-bond donors (Lipinski definition) is 1. The molecule has 1 atom stereocenters. The molecule has 82 valence electrons. The third-order valence-corrected chi connectivity index (χ3v) is 3.31. The molecular weight excluding hydrogens is 186 g/mol. The van der Waals surface area contributed by atoms with Gasteiger partial charge in [0.1, 0.15) is 0 Å². The Labute approximate surface area is 91.4 Å². The fourth-order valence-corrected chi connectivity index (χ4v) is 2.43. The quantitative estimate of drug-likeness (QED) is 0.822. The van der Waals surface area contributed by atoms with Crippen LogP contribution in [-0.2, 0) is 0 Å². The first kappa shape index (κ1) is 10.6. The average molecular weight is 205 g/mol. The molecule has 2 nitrogen and oxygen atoms in total. The number of hydrogen-bond acceptors (Lipinski definition) is 2. The van der Waals surface area contributed by atoms with Crippen molar-refractivity contribution in [3.63, 3.8) is 0 Å². The van der Waals surface area contributed by atoms with Gasteiger partial charge >= 0.3 is 0 Å². The summed E-state index contributed by atoms with van der Waals surface area (Å²) >= 11 is 0. The highest BCUT2D eigenvalue weighted by Gasteiger charge is 2.18. The molecule has 1 heterocycles. The normalized spacial score (nSPS) is 20.1. The summed E-state index contributed by atoms with van der Waals surface area (Å²) in [5, 5.41) is 10.0. The number of pyridine rings is 1. The highest BCUT2D eigenvalue weighted by Crippen LogP contribution is 2.31. The van der Waals surface area contributed by atoms with Gasteiger partial charge in [-0.1, -0.05) is 38.2 Å². The van der Waals surface area contributed by atoms with E-state index in [1.165, 1.54) is 32.1 Å². The summed E-state index contributed by atoms with van der Waals surface area (Å²) in [4.78, 5) is 4.19. The molecule has 0 bridgehead atoms. The van der Waals surface area contributed by atoms with Gasteiger partial charge in [0.05, 0.1) is 11.8 Å². The largest absolute Gasteiger partial charge is 0.387 e. The fraction of sp³-hybridized carbons (Fsp3) is 0.615. The van der Waals surface area contributed by atoms with Crippen LogP contribution >= 0.6 is 0 Å². The van der Waals surface area contributed by atoms with Crippen molar-refractivity contribution in [1.82, 2.24) is 4.98 Å². The summed E-state index contributed by atoms with van der Waals surface area (Å²) < 4.78 is 0. The van der Waals surface area contributed by atoms with Crippen molar-refractivity contribution in [1.29, 1.82) is 0 Å². The molecule has 15 heavy (non-hydrogen) atoms. The van der Waals surface area contributed by atoms with E-state index in [2.05, 4.69) is 4.98 Å². The summed E-state index contributed by atoms with van der Waals surface area (Å²) in [7, 11) is 0. The minimum absolute atomic E-state index is 0.366. The van der Waals surface area contributed by atoms with Crippen LogP contribution in [0.4, 0.5) is 0 Å². The molecule has 0 radical (unpaired) electrons. The number of rotatable bonds is 3. The summed E-state index contributed by atoms with van der Waals surface area (Å²) in [5.41, 5.74) is 0.822. The molecule has 0 unspecified atom stereocenters. The van der Waals surface area contributed by atoms with Gasteiger partial charge in [0.25, 0.3) is 0 Å². The van der Waals surface area contributed by atoms with Gasteiger partial charge in [-0.15, -0.1) is 0 Å². The van der Waals surface area contributed by atoms with Crippen LogP contribution < -0.4 is 0 Å². The maximum Gasteiger partial charge on any atom is 0.0962 e. The van der Waals surface area contributed by atoms with E-state index >= 15 is 0 Å². The van der Waals surface area contributed by atoms with Gasteiger partial charge in [-0.3, -0.25) is 4.98 Å². The topological polar surface area (TPSA) is 33.1 Å². The molecule has 0 amide bonds. The van der Waals surface area contributed by atoms with Crippen molar-refractivity contribution in [2.24, 2.45) is 5.92 Å². The van der Waals surface area contributed by atoms with Gasteiger partial charge < -0.3 is 5.11 Å². The van der Waals surface area contributed by atoms with Crippen molar-refractivity contribution in [3.05, 3.63) is 30.1 Å². The zero-order valence-corrected chi connectivity index (χ0v) is 9.10. The smallest absolute Gasteiger partial charge is 0.0962 e. The highest BCUT2D eigenvalue weighted by atomic mass is 16.3. The molecule has 1 N–H and O–H groups in total. The molecule has 0 aliphatic heterocycles. The second kappa shape index (κ2) is 5.26. The van der Waals surface area contributed by atoms with E-state index < -0.39 is 0 Å². The van der Waals surface area contributed by atoms with Crippen LogP contribution in [0.2, 0.25) is 0 Å². The minimum atomic E-state index is -0.366. The van der Waals surface area contributed by atoms with Crippen molar-refractivity contribution in [2.75, 3.05) is 0 Å². The molecule has 1 aliphatic carbocycles. The molecule has 0 spiro atoms. The Kier molecular flexibility index (Phi) is 3.73. The Morgan fingerprint density at radius 3 is 2.73 bits per heavy atom. The first-order valence-corrected chi connectivity index (χ1v) is 5.95. The maximum atomic E-state index is 10.0. The maximum absolute atomic E-state index is 10.0. The Bertz CT molecular complexity index is 280. The SMILES string of the molecule is O[C@@H](CC1CCCCC1)c1ccccn1. The van der Waals surface area contributed by atoms with Gasteiger partial charge in [0.2, 0.25) is 0 Å². The van der Waals surface area contributed by atoms with Crippen LogP contribution in [0.15, 0.2) is 24.4 Å². The Hall–Kier alpha value is -0.890. The first-order chi connectivity index (χ1) is 7.36. The van der Waals surface area contributed by atoms with Crippen molar-refractivity contribution in [3.8, 4) is 0 Å². The molecule has 1 aliphatic rings. The van der Waals surface area contributed by atoms with E-state index in [1.54, 1.807) is 6.20 Å². The van der Waals surface area contributed by atoms with Gasteiger partial charge in [-0.05, 0) is 24.5 Å². The molecular formula is C13H19NO. The Morgan fingerprint density at radius 1 is 1.27 bits per heavy atom. The Balaban J connectivity index is 1.88. The summed E-state index contributed by atoms with van der Waals surface area (Å²) in [5.74, 6) is 0.704. The highest BCUT2D eigenvalue weighted by molar-refractivity contribution is 5.06. The van der Waals surface area contributed by atoms with Gasteiger partial charge in [-0.2, -0.15) is 0 Å². The third-order valence-electron chi connectivity index (χ3n) is 3.31. The second-order valence-corrected chi connectivity index (χ2v) is 4.51.